The summed E-state index contributed by atoms with van der Waals surface area (Å²) in [6.45, 7) is 8.18. The van der Waals surface area contributed by atoms with Crippen LogP contribution in [0.3, 0.4) is 0 Å². The Labute approximate surface area is 139 Å². The number of rotatable bonds is 3. The van der Waals surface area contributed by atoms with Gasteiger partial charge in [-0.3, -0.25) is 9.48 Å². The van der Waals surface area contributed by atoms with Crippen LogP contribution in [0.15, 0.2) is 10.6 Å². The van der Waals surface area contributed by atoms with Crippen molar-refractivity contribution in [1.29, 1.82) is 0 Å². The number of likely N-dealkylation sites (tertiary alicyclic amines) is 1. The van der Waals surface area contributed by atoms with Gasteiger partial charge in [0.2, 0.25) is 5.89 Å². The Bertz CT molecular complexity index is 768. The molecular formula is C16H21N5O3. The molecule has 8 heteroatoms. The maximum Gasteiger partial charge on any atom is 0.272 e. The van der Waals surface area contributed by atoms with Crippen LogP contribution in [-0.4, -0.2) is 56.5 Å². The van der Waals surface area contributed by atoms with Crippen molar-refractivity contribution in [2.45, 2.75) is 39.3 Å². The second-order valence-corrected chi connectivity index (χ2v) is 6.52. The molecule has 2 saturated heterocycles. The first kappa shape index (κ1) is 15.3. The van der Waals surface area contributed by atoms with Crippen LogP contribution < -0.4 is 0 Å². The zero-order valence-corrected chi connectivity index (χ0v) is 14.1. The van der Waals surface area contributed by atoms with E-state index in [-0.39, 0.29) is 23.8 Å². The van der Waals surface area contributed by atoms with Crippen molar-refractivity contribution in [3.05, 3.63) is 29.2 Å². The van der Waals surface area contributed by atoms with Gasteiger partial charge in [0.25, 0.3) is 5.91 Å². The van der Waals surface area contributed by atoms with E-state index >= 15 is 0 Å². The maximum atomic E-state index is 12.9. The average molecular weight is 331 g/mol. The van der Waals surface area contributed by atoms with E-state index in [1.54, 1.807) is 11.6 Å². The lowest BCUT2D eigenvalue weighted by molar-refractivity contribution is 0.0675. The topological polar surface area (TPSA) is 86.3 Å². The Balaban J connectivity index is 1.53. The van der Waals surface area contributed by atoms with Gasteiger partial charge in [-0.25, -0.2) is 0 Å². The summed E-state index contributed by atoms with van der Waals surface area (Å²) in [7, 11) is 0. The van der Waals surface area contributed by atoms with Gasteiger partial charge in [0.05, 0.1) is 24.3 Å². The van der Waals surface area contributed by atoms with Crippen molar-refractivity contribution in [3.63, 3.8) is 0 Å². The van der Waals surface area contributed by atoms with Crippen molar-refractivity contribution in [2.75, 3.05) is 19.7 Å². The van der Waals surface area contributed by atoms with Gasteiger partial charge in [-0.15, -0.1) is 0 Å². The first-order valence-corrected chi connectivity index (χ1v) is 8.32. The van der Waals surface area contributed by atoms with Crippen molar-refractivity contribution >= 4 is 5.91 Å². The molecule has 2 aliphatic rings. The van der Waals surface area contributed by atoms with E-state index in [4.69, 9.17) is 9.26 Å². The molecule has 1 amide bonds. The normalized spacial score (nSPS) is 26.1. The first-order chi connectivity index (χ1) is 11.6. The highest BCUT2D eigenvalue weighted by molar-refractivity contribution is 5.93. The summed E-state index contributed by atoms with van der Waals surface area (Å²) in [6.07, 6.45) is 0.0326. The average Bonchev–Trinajstić information content (AvgIpc) is 3.29. The van der Waals surface area contributed by atoms with Gasteiger partial charge in [0, 0.05) is 25.6 Å². The number of nitrogens with zero attached hydrogens (tertiary/aromatic N) is 5. The minimum absolute atomic E-state index is 0.0101. The van der Waals surface area contributed by atoms with Gasteiger partial charge in [-0.2, -0.15) is 10.1 Å². The van der Waals surface area contributed by atoms with Gasteiger partial charge in [-0.1, -0.05) is 5.16 Å². The molecule has 0 unspecified atom stereocenters. The molecule has 8 nitrogen and oxygen atoms in total. The van der Waals surface area contributed by atoms with E-state index in [1.165, 1.54) is 0 Å². The number of amides is 1. The lowest BCUT2D eigenvalue weighted by Crippen LogP contribution is -2.32. The van der Waals surface area contributed by atoms with E-state index in [2.05, 4.69) is 15.2 Å². The van der Waals surface area contributed by atoms with Crippen molar-refractivity contribution in [1.82, 2.24) is 24.8 Å². The molecule has 2 aliphatic heterocycles. The van der Waals surface area contributed by atoms with Crippen molar-refractivity contribution in [3.8, 4) is 0 Å². The molecule has 0 N–H and O–H groups in total. The maximum absolute atomic E-state index is 12.9. The van der Waals surface area contributed by atoms with Crippen LogP contribution in [0.25, 0.3) is 0 Å². The van der Waals surface area contributed by atoms with Crippen LogP contribution in [0, 0.1) is 19.8 Å². The number of fused-ring (bicyclic) bond motifs is 1. The molecule has 3 atom stereocenters. The minimum Gasteiger partial charge on any atom is -0.375 e. The lowest BCUT2D eigenvalue weighted by Gasteiger charge is -2.18. The van der Waals surface area contributed by atoms with Crippen LogP contribution >= 0.6 is 0 Å². The molecule has 0 aliphatic carbocycles. The second-order valence-electron chi connectivity index (χ2n) is 6.52. The SMILES string of the molecule is CCn1nc(C)cc1C(=O)N1C[C@@H]2[C@@H](c3nc(C)no3)CO[C@@H]2C1. The summed E-state index contributed by atoms with van der Waals surface area (Å²) in [5, 5.41) is 8.23. The number of carbonyl (C=O) groups is 1. The summed E-state index contributed by atoms with van der Waals surface area (Å²) >= 11 is 0. The molecule has 4 heterocycles. The van der Waals surface area contributed by atoms with Crippen molar-refractivity contribution in [2.24, 2.45) is 5.92 Å². The quantitative estimate of drug-likeness (QED) is 0.839. The Morgan fingerprint density at radius 2 is 2.21 bits per heavy atom. The molecular weight excluding hydrogens is 310 g/mol. The third-order valence-electron chi connectivity index (χ3n) is 4.88. The molecule has 0 aromatic carbocycles. The summed E-state index contributed by atoms with van der Waals surface area (Å²) < 4.78 is 13.0. The highest BCUT2D eigenvalue weighted by atomic mass is 16.5. The van der Waals surface area contributed by atoms with Crippen LogP contribution in [0.2, 0.25) is 0 Å². The van der Waals surface area contributed by atoms with Crippen LogP contribution in [0.1, 0.15) is 40.7 Å². The molecule has 0 radical (unpaired) electrons. The summed E-state index contributed by atoms with van der Waals surface area (Å²) in [5.41, 5.74) is 1.50. The van der Waals surface area contributed by atoms with Crippen LogP contribution in [0.5, 0.6) is 0 Å². The lowest BCUT2D eigenvalue weighted by atomic mass is 9.93. The number of carbonyl (C=O) groups excluding carboxylic acids is 1. The summed E-state index contributed by atoms with van der Waals surface area (Å²) in [5.74, 6) is 1.51. The molecule has 0 saturated carbocycles. The van der Waals surface area contributed by atoms with Crippen molar-refractivity contribution < 1.29 is 14.1 Å². The van der Waals surface area contributed by atoms with E-state index in [9.17, 15) is 4.79 Å². The standard InChI is InChI=1S/C16H21N5O3/c1-4-21-13(5-9(2)18-21)16(22)20-6-11-12(8-23-14(11)7-20)15-17-10(3)19-24-15/h5,11-12,14H,4,6-8H2,1-3H3/t11-,12+,14-/m1/s1. The zero-order chi connectivity index (χ0) is 16.8. The minimum atomic E-state index is 0.0101. The molecule has 0 bridgehead atoms. The summed E-state index contributed by atoms with van der Waals surface area (Å²) in [4.78, 5) is 19.1. The highest BCUT2D eigenvalue weighted by Gasteiger charge is 2.48. The smallest absolute Gasteiger partial charge is 0.272 e. The Hall–Kier alpha value is -2.22. The summed E-state index contributed by atoms with van der Waals surface area (Å²) in [6, 6.07) is 1.85. The van der Waals surface area contributed by atoms with E-state index in [0.29, 0.717) is 43.7 Å². The number of hydrogen-bond acceptors (Lipinski definition) is 6. The van der Waals surface area contributed by atoms with E-state index < -0.39 is 0 Å². The third-order valence-corrected chi connectivity index (χ3v) is 4.88. The largest absolute Gasteiger partial charge is 0.375 e. The monoisotopic (exact) mass is 331 g/mol. The fourth-order valence-electron chi connectivity index (χ4n) is 3.72. The molecule has 2 fully saturated rings. The van der Waals surface area contributed by atoms with E-state index in [1.807, 2.05) is 24.8 Å². The molecule has 2 aromatic rings. The number of aromatic nitrogens is 4. The van der Waals surface area contributed by atoms with Gasteiger partial charge in [0.15, 0.2) is 5.82 Å². The van der Waals surface area contributed by atoms with Gasteiger partial charge >= 0.3 is 0 Å². The zero-order valence-electron chi connectivity index (χ0n) is 14.1. The predicted octanol–water partition coefficient (Wildman–Crippen LogP) is 1.16. The Morgan fingerprint density at radius 3 is 2.92 bits per heavy atom. The number of ether oxygens (including phenoxy) is 1. The van der Waals surface area contributed by atoms with Crippen LogP contribution in [0.4, 0.5) is 0 Å². The number of hydrogen-bond donors (Lipinski definition) is 0. The second kappa shape index (κ2) is 5.70. The van der Waals surface area contributed by atoms with Gasteiger partial charge < -0.3 is 14.2 Å². The third kappa shape index (κ3) is 2.41. The molecule has 0 spiro atoms. The van der Waals surface area contributed by atoms with E-state index in [0.717, 1.165) is 5.69 Å². The molecule has 2 aromatic heterocycles. The number of aryl methyl sites for hydroxylation is 3. The highest BCUT2D eigenvalue weighted by Crippen LogP contribution is 2.39. The fourth-order valence-corrected chi connectivity index (χ4v) is 3.72. The predicted molar refractivity (Wildman–Crippen MR) is 83.5 cm³/mol. The Kier molecular flexibility index (Phi) is 3.64. The van der Waals surface area contributed by atoms with Crippen LogP contribution in [-0.2, 0) is 11.3 Å². The molecule has 24 heavy (non-hydrogen) atoms. The van der Waals surface area contributed by atoms with Gasteiger partial charge in [-0.05, 0) is 26.8 Å². The fraction of sp³-hybridized carbons (Fsp3) is 0.625. The molecule has 128 valence electrons. The van der Waals surface area contributed by atoms with Gasteiger partial charge in [0.1, 0.15) is 5.69 Å². The molecule has 4 rings (SSSR count). The Morgan fingerprint density at radius 1 is 1.38 bits per heavy atom. The first-order valence-electron chi connectivity index (χ1n) is 8.32.